The van der Waals surface area contributed by atoms with Gasteiger partial charge in [0.1, 0.15) is 5.52 Å². The predicted octanol–water partition coefficient (Wildman–Crippen LogP) is 2.42. The molecule has 0 radical (unpaired) electrons. The van der Waals surface area contributed by atoms with Gasteiger partial charge in [0.05, 0.1) is 11.6 Å². The molecule has 27 heavy (non-hydrogen) atoms. The average molecular weight is 362 g/mol. The van der Waals surface area contributed by atoms with E-state index < -0.39 is 0 Å². The summed E-state index contributed by atoms with van der Waals surface area (Å²) in [6.45, 7) is 2.36. The number of hydrogen-bond donors (Lipinski definition) is 1. The maximum Gasteiger partial charge on any atom is 0.323 e. The second kappa shape index (κ2) is 7.67. The molecular weight excluding hydrogens is 340 g/mol. The van der Waals surface area contributed by atoms with Gasteiger partial charge in [-0.1, -0.05) is 30.3 Å². The highest BCUT2D eigenvalue weighted by Crippen LogP contribution is 2.19. The number of anilines is 1. The van der Waals surface area contributed by atoms with E-state index in [9.17, 15) is 4.79 Å². The van der Waals surface area contributed by atoms with Gasteiger partial charge in [-0.05, 0) is 25.1 Å². The summed E-state index contributed by atoms with van der Waals surface area (Å²) in [5.74, 6) is 0.447. The van der Waals surface area contributed by atoms with Crippen LogP contribution in [0, 0.1) is 0 Å². The number of pyridine rings is 1. The summed E-state index contributed by atoms with van der Waals surface area (Å²) in [5.41, 5.74) is 2.54. The lowest BCUT2D eigenvalue weighted by molar-refractivity contribution is 0.116. The minimum atomic E-state index is -0.144. The number of hydrogen-bond acceptors (Lipinski definition) is 5. The topological polar surface area (TPSA) is 74.2 Å². The van der Waals surface area contributed by atoms with Crippen LogP contribution >= 0.6 is 0 Å². The summed E-state index contributed by atoms with van der Waals surface area (Å²) in [6.07, 6.45) is 5.69. The first-order valence-electron chi connectivity index (χ1n) is 9.06. The first kappa shape index (κ1) is 17.4. The molecule has 1 atom stereocenters. The molecule has 0 spiro atoms. The highest BCUT2D eigenvalue weighted by Gasteiger charge is 2.29. The molecule has 1 unspecified atom stereocenters. The maximum absolute atomic E-state index is 13.0. The second-order valence-electron chi connectivity index (χ2n) is 6.81. The van der Waals surface area contributed by atoms with Crippen molar-refractivity contribution in [1.82, 2.24) is 24.8 Å². The number of nitrogens with one attached hydrogen (secondary N) is 1. The van der Waals surface area contributed by atoms with Crippen LogP contribution in [0.5, 0.6) is 0 Å². The number of piperazine rings is 1. The Labute approximate surface area is 158 Å². The van der Waals surface area contributed by atoms with Crippen LogP contribution in [0.3, 0.4) is 0 Å². The number of aromatic nitrogens is 3. The van der Waals surface area contributed by atoms with Gasteiger partial charge < -0.3 is 9.80 Å². The van der Waals surface area contributed by atoms with Crippen molar-refractivity contribution in [3.05, 3.63) is 60.6 Å². The highest BCUT2D eigenvalue weighted by molar-refractivity contribution is 5.96. The van der Waals surface area contributed by atoms with E-state index in [-0.39, 0.29) is 12.1 Å². The molecule has 4 rings (SSSR count). The fourth-order valence-electron chi connectivity index (χ4n) is 3.50. The summed E-state index contributed by atoms with van der Waals surface area (Å²) in [6, 6.07) is 12.0. The Morgan fingerprint density at radius 3 is 2.74 bits per heavy atom. The number of benzene rings is 1. The van der Waals surface area contributed by atoms with Crippen molar-refractivity contribution in [2.75, 3.05) is 32.0 Å². The number of carbonyl (C=O) groups excluding carboxylic acids is 1. The number of likely N-dealkylation sites (N-methyl/N-ethyl adjacent to an activating group) is 1. The fourth-order valence-corrected chi connectivity index (χ4v) is 3.50. The molecule has 7 nitrogen and oxygen atoms in total. The van der Waals surface area contributed by atoms with Crippen LogP contribution in [-0.2, 0) is 6.42 Å². The van der Waals surface area contributed by atoms with Gasteiger partial charge in [0.25, 0.3) is 0 Å². The van der Waals surface area contributed by atoms with Crippen LogP contribution in [0.4, 0.5) is 10.6 Å². The zero-order valence-electron chi connectivity index (χ0n) is 15.2. The van der Waals surface area contributed by atoms with Gasteiger partial charge in [0.15, 0.2) is 5.82 Å². The second-order valence-corrected chi connectivity index (χ2v) is 6.81. The third kappa shape index (κ3) is 3.88. The van der Waals surface area contributed by atoms with E-state index in [2.05, 4.69) is 44.3 Å². The Morgan fingerprint density at radius 2 is 1.89 bits per heavy atom. The van der Waals surface area contributed by atoms with Gasteiger partial charge in [0, 0.05) is 38.2 Å². The molecule has 7 heteroatoms. The molecule has 1 fully saturated rings. The van der Waals surface area contributed by atoms with Crippen LogP contribution in [0.25, 0.3) is 11.0 Å². The van der Waals surface area contributed by atoms with Crippen molar-refractivity contribution in [3.63, 3.8) is 0 Å². The van der Waals surface area contributed by atoms with Gasteiger partial charge >= 0.3 is 6.03 Å². The SMILES string of the molecule is CN1CCN(C(=O)Nc2nccc3nccnc23)C(Cc2ccccc2)C1. The normalized spacial score (nSPS) is 17.8. The monoisotopic (exact) mass is 362 g/mol. The fraction of sp³-hybridized carbons (Fsp3) is 0.300. The van der Waals surface area contributed by atoms with Crippen LogP contribution in [0.15, 0.2) is 55.0 Å². The molecule has 1 N–H and O–H groups in total. The van der Waals surface area contributed by atoms with Crippen LogP contribution < -0.4 is 5.32 Å². The van der Waals surface area contributed by atoms with Gasteiger partial charge in [-0.2, -0.15) is 0 Å². The van der Waals surface area contributed by atoms with Gasteiger partial charge in [-0.25, -0.2) is 14.8 Å². The molecule has 2 amide bonds. The molecule has 1 aromatic carbocycles. The zero-order valence-corrected chi connectivity index (χ0v) is 15.2. The first-order valence-corrected chi connectivity index (χ1v) is 9.06. The summed E-state index contributed by atoms with van der Waals surface area (Å²) in [7, 11) is 2.09. The maximum atomic E-state index is 13.0. The Balaban J connectivity index is 1.55. The molecule has 0 bridgehead atoms. The molecular formula is C20H22N6O. The van der Waals surface area contributed by atoms with E-state index in [4.69, 9.17) is 0 Å². The van der Waals surface area contributed by atoms with Crippen molar-refractivity contribution in [3.8, 4) is 0 Å². The van der Waals surface area contributed by atoms with E-state index in [1.165, 1.54) is 5.56 Å². The summed E-state index contributed by atoms with van der Waals surface area (Å²) in [4.78, 5) is 30.1. The number of amides is 2. The van der Waals surface area contributed by atoms with Crippen molar-refractivity contribution in [1.29, 1.82) is 0 Å². The van der Waals surface area contributed by atoms with Crippen molar-refractivity contribution in [2.24, 2.45) is 0 Å². The van der Waals surface area contributed by atoms with Crippen LogP contribution in [0.1, 0.15) is 5.56 Å². The number of fused-ring (bicyclic) bond motifs is 1. The first-order chi connectivity index (χ1) is 13.2. The average Bonchev–Trinajstić information content (AvgIpc) is 2.69. The predicted molar refractivity (Wildman–Crippen MR) is 104 cm³/mol. The molecule has 1 saturated heterocycles. The lowest BCUT2D eigenvalue weighted by atomic mass is 10.0. The van der Waals surface area contributed by atoms with E-state index in [0.717, 1.165) is 19.5 Å². The van der Waals surface area contributed by atoms with Crippen LogP contribution in [0.2, 0.25) is 0 Å². The lowest BCUT2D eigenvalue weighted by Crippen LogP contribution is -2.56. The number of urea groups is 1. The van der Waals surface area contributed by atoms with E-state index in [0.29, 0.717) is 23.4 Å². The van der Waals surface area contributed by atoms with E-state index in [1.807, 2.05) is 23.1 Å². The number of nitrogens with zero attached hydrogens (tertiary/aromatic N) is 5. The third-order valence-electron chi connectivity index (χ3n) is 4.87. The van der Waals surface area contributed by atoms with Gasteiger partial charge in [-0.3, -0.25) is 10.3 Å². The molecule has 2 aromatic heterocycles. The molecule has 3 aromatic rings. The lowest BCUT2D eigenvalue weighted by Gasteiger charge is -2.40. The molecule has 0 saturated carbocycles. The Hall–Kier alpha value is -3.06. The smallest absolute Gasteiger partial charge is 0.319 e. The van der Waals surface area contributed by atoms with Gasteiger partial charge in [0.2, 0.25) is 0 Å². The van der Waals surface area contributed by atoms with E-state index >= 15 is 0 Å². The largest absolute Gasteiger partial charge is 0.323 e. The number of rotatable bonds is 3. The standard InChI is InChI=1S/C20H22N6O/c1-25-11-12-26(16(14-25)13-15-5-3-2-4-6-15)20(27)24-19-18-17(7-8-23-19)21-9-10-22-18/h2-10,16H,11-14H2,1H3,(H,23,24,27). The molecule has 138 valence electrons. The Kier molecular flexibility index (Phi) is 4.93. The van der Waals surface area contributed by atoms with Crippen molar-refractivity contribution in [2.45, 2.75) is 12.5 Å². The summed E-state index contributed by atoms with van der Waals surface area (Å²) < 4.78 is 0. The molecule has 1 aliphatic rings. The van der Waals surface area contributed by atoms with Crippen molar-refractivity contribution >= 4 is 22.9 Å². The third-order valence-corrected chi connectivity index (χ3v) is 4.87. The Bertz CT molecular complexity index is 927. The van der Waals surface area contributed by atoms with Crippen molar-refractivity contribution < 1.29 is 4.79 Å². The van der Waals surface area contributed by atoms with Crippen LogP contribution in [-0.4, -0.2) is 63.5 Å². The summed E-state index contributed by atoms with van der Waals surface area (Å²) in [5, 5.41) is 2.94. The van der Waals surface area contributed by atoms with Gasteiger partial charge in [-0.15, -0.1) is 0 Å². The molecule has 3 heterocycles. The highest BCUT2D eigenvalue weighted by atomic mass is 16.2. The quantitative estimate of drug-likeness (QED) is 0.774. The Morgan fingerprint density at radius 1 is 1.07 bits per heavy atom. The number of carbonyl (C=O) groups is 1. The minimum absolute atomic E-state index is 0.104. The summed E-state index contributed by atoms with van der Waals surface area (Å²) >= 11 is 0. The zero-order chi connectivity index (χ0) is 18.6. The van der Waals surface area contributed by atoms with E-state index in [1.54, 1.807) is 24.7 Å². The molecule has 1 aliphatic heterocycles. The molecule has 0 aliphatic carbocycles. The minimum Gasteiger partial charge on any atom is -0.319 e.